The molecule has 2 N–H and O–H groups in total. The Morgan fingerprint density at radius 3 is 0.853 bits per heavy atom. The Morgan fingerprint density at radius 2 is 0.547 bits per heavy atom. The fourth-order valence-electron chi connectivity index (χ4n) is 10.6. The number of H-pyrrole nitrogens is 2. The molecule has 0 saturated heterocycles. The number of hydrogen-bond donors (Lipinski definition) is 2. The van der Waals surface area contributed by atoms with E-state index in [2.05, 4.69) is 9.97 Å². The minimum absolute atomic E-state index is 0. The van der Waals surface area contributed by atoms with Gasteiger partial charge in [0.25, 0.3) is 0 Å². The van der Waals surface area contributed by atoms with Gasteiger partial charge in [-0.3, -0.25) is 19.2 Å². The molecule has 10 aromatic carbocycles. The van der Waals surface area contributed by atoms with Gasteiger partial charge in [0.2, 0.25) is 0 Å². The van der Waals surface area contributed by atoms with Crippen LogP contribution in [-0.2, 0) is 17.1 Å². The van der Waals surface area contributed by atoms with Crippen LogP contribution in [0.25, 0.3) is 155 Å². The van der Waals surface area contributed by atoms with Gasteiger partial charge in [-0.1, -0.05) is 146 Å². The van der Waals surface area contributed by atoms with E-state index in [9.17, 15) is 19.2 Å². The van der Waals surface area contributed by atoms with Crippen molar-refractivity contribution in [3.05, 3.63) is 211 Å². The molecular formula is C60H30CuN10O4. The van der Waals surface area contributed by atoms with Crippen LogP contribution in [0, 0.1) is 0 Å². The van der Waals surface area contributed by atoms with Crippen LogP contribution in [-0.4, -0.2) is 39.9 Å². The van der Waals surface area contributed by atoms with Crippen LogP contribution in [0.15, 0.2) is 189 Å². The summed E-state index contributed by atoms with van der Waals surface area (Å²) in [7, 11) is 0. The third-order valence-corrected chi connectivity index (χ3v) is 14.0. The molecule has 15 heteroatoms. The molecule has 355 valence electrons. The molecule has 14 aromatic rings. The first-order valence-electron chi connectivity index (χ1n) is 23.7. The topological polar surface area (TPSA) is 205 Å². The zero-order valence-corrected chi connectivity index (χ0v) is 39.6. The summed E-state index contributed by atoms with van der Waals surface area (Å²) >= 11 is 0. The Balaban J connectivity index is 0.000000138. The van der Waals surface area contributed by atoms with Gasteiger partial charge in [-0.25, -0.2) is 9.97 Å². The molecule has 0 fully saturated rings. The van der Waals surface area contributed by atoms with Crippen LogP contribution in [0.5, 0.6) is 0 Å². The molecule has 75 heavy (non-hydrogen) atoms. The normalized spacial score (nSPS) is 11.8. The van der Waals surface area contributed by atoms with Crippen LogP contribution >= 0.6 is 0 Å². The monoisotopic (exact) mass is 1020 g/mol. The second kappa shape index (κ2) is 16.5. The van der Waals surface area contributed by atoms with Gasteiger partial charge in [-0.2, -0.15) is 0 Å². The quantitative estimate of drug-likeness (QED) is 0.0827. The summed E-state index contributed by atoms with van der Waals surface area (Å²) in [6, 6.07) is 52.1. The molecule has 0 aliphatic carbocycles. The van der Waals surface area contributed by atoms with Crippen molar-refractivity contribution in [1.29, 1.82) is 0 Å². The molecule has 0 spiro atoms. The molecule has 2 aliphatic heterocycles. The molecule has 16 rings (SSSR count). The smallest absolute Gasteiger partial charge is 0.357 e. The Kier molecular flexibility index (Phi) is 9.60. The number of nitrogens with zero attached hydrogens (tertiary/aromatic N) is 8. The minimum Gasteiger partial charge on any atom is -0.357 e. The first kappa shape index (κ1) is 43.7. The molecule has 0 atom stereocenters. The average Bonchev–Trinajstić information content (AvgIpc) is 4.20. The summed E-state index contributed by atoms with van der Waals surface area (Å²) in [4.78, 5) is 98.7. The predicted molar refractivity (Wildman–Crippen MR) is 290 cm³/mol. The van der Waals surface area contributed by atoms with E-state index in [1.54, 1.807) is 72.8 Å². The Hall–Kier alpha value is -10.1. The number of benzene rings is 10. The summed E-state index contributed by atoms with van der Waals surface area (Å²) in [6.45, 7) is 0. The van der Waals surface area contributed by atoms with Gasteiger partial charge in [-0.05, 0) is 45.8 Å². The Morgan fingerprint density at radius 1 is 0.280 bits per heavy atom. The standard InChI is InChI=1S/C32H16N8.C28H14N2O4.Cu/c1-2-10-18-17(9-1)25-33-26(18)38-28-21-13-5-6-14-22(21)30(35-28)40-32-24-16-8-7-15-23(24)31(36-32)39-29-20-12-4-3-11-19(20)27(34-29)37-25;31-25-13-5-1-3-7-15(13)27(33)21-17(25)9-11-19-23(21)29-20-12-10-18-22(24(20)30-19)28(34)16-8-4-2-6-14(16)26(18)32;/h1-16H;1-12,29-30H;/q-2;;+2. The third kappa shape index (κ3) is 6.52. The number of nitrogens with one attached hydrogen (secondary N) is 2. The maximum absolute atomic E-state index is 13.4. The molecule has 4 aromatic heterocycles. The van der Waals surface area contributed by atoms with Crippen molar-refractivity contribution in [1.82, 2.24) is 49.8 Å². The van der Waals surface area contributed by atoms with Crippen molar-refractivity contribution >= 4 is 109 Å². The van der Waals surface area contributed by atoms with E-state index >= 15 is 0 Å². The van der Waals surface area contributed by atoms with Crippen molar-refractivity contribution < 1.29 is 17.1 Å². The van der Waals surface area contributed by atoms with Gasteiger partial charge in [0.1, 0.15) is 0 Å². The second-order valence-corrected chi connectivity index (χ2v) is 18.1. The molecule has 0 saturated carbocycles. The molecule has 8 bridgehead atoms. The summed E-state index contributed by atoms with van der Waals surface area (Å²) in [5.74, 6) is 2.21. The van der Waals surface area contributed by atoms with Gasteiger partial charge in [0.15, 0.2) is 21.7 Å². The Labute approximate surface area is 430 Å². The minimum atomic E-state index is -0.238. The van der Waals surface area contributed by atoms with Crippen LogP contribution < -0.4 is 31.7 Å². The maximum Gasteiger partial charge on any atom is 2.00 e. The van der Waals surface area contributed by atoms with Crippen molar-refractivity contribution in [3.8, 4) is 45.6 Å². The SMILES string of the molecule is O=c1c2ccccc2c(=O)c2c1ccc1[nH]c3c(ccc4c(=O)c5ccccc5c(=O)c43)[nH]c12.[Cu+2].c1ccc2c(c1)-c1nc-2nc2[n-]c(nc3nc(nc4[n-]c(n1)c1ccccc41)-c1ccccc1-3)c1ccccc21. The predicted octanol–water partition coefficient (Wildman–Crippen LogP) is 10.3. The average molecular weight is 1020 g/mol. The van der Waals surface area contributed by atoms with Gasteiger partial charge < -0.3 is 39.9 Å². The summed E-state index contributed by atoms with van der Waals surface area (Å²) in [6.07, 6.45) is 0. The molecule has 6 heterocycles. The molecule has 1 radical (unpaired) electrons. The fourth-order valence-corrected chi connectivity index (χ4v) is 10.6. The maximum atomic E-state index is 13.4. The first-order valence-corrected chi connectivity index (χ1v) is 23.7. The number of fused-ring (bicyclic) bond motifs is 28. The third-order valence-electron chi connectivity index (χ3n) is 14.0. The Bertz CT molecular complexity index is 4800. The van der Waals surface area contributed by atoms with Gasteiger partial charge >= 0.3 is 17.1 Å². The summed E-state index contributed by atoms with van der Waals surface area (Å²) in [5.41, 5.74) is 6.96. The summed E-state index contributed by atoms with van der Waals surface area (Å²) in [5, 5.41) is 6.34. The zero-order chi connectivity index (χ0) is 49.3. The van der Waals surface area contributed by atoms with E-state index in [1.165, 1.54) is 0 Å². The molecular weight excluding hydrogens is 988 g/mol. The van der Waals surface area contributed by atoms with E-state index in [-0.39, 0.29) is 38.8 Å². The first-order chi connectivity index (χ1) is 36.3. The van der Waals surface area contributed by atoms with Crippen molar-refractivity contribution in [3.63, 3.8) is 0 Å². The van der Waals surface area contributed by atoms with E-state index in [0.717, 1.165) is 43.8 Å². The molecule has 2 aliphatic rings. The second-order valence-electron chi connectivity index (χ2n) is 18.1. The fraction of sp³-hybridized carbons (Fsp3) is 0. The van der Waals surface area contributed by atoms with Crippen molar-refractivity contribution in [2.24, 2.45) is 0 Å². The van der Waals surface area contributed by atoms with E-state index in [0.29, 0.717) is 111 Å². The van der Waals surface area contributed by atoms with E-state index in [1.807, 2.05) is 97.1 Å². The van der Waals surface area contributed by atoms with Crippen molar-refractivity contribution in [2.75, 3.05) is 0 Å². The largest absolute Gasteiger partial charge is 2.00 e. The molecule has 0 unspecified atom stereocenters. The van der Waals surface area contributed by atoms with Gasteiger partial charge in [0, 0.05) is 77.2 Å². The molecule has 0 amide bonds. The molecule has 14 nitrogen and oxygen atoms in total. The van der Waals surface area contributed by atoms with Crippen LogP contribution in [0.4, 0.5) is 0 Å². The number of rotatable bonds is 0. The van der Waals surface area contributed by atoms with Crippen LogP contribution in [0.1, 0.15) is 0 Å². The number of aromatic nitrogens is 10. The summed E-state index contributed by atoms with van der Waals surface area (Å²) < 4.78 is 0. The van der Waals surface area contributed by atoms with E-state index in [4.69, 9.17) is 39.9 Å². The van der Waals surface area contributed by atoms with E-state index < -0.39 is 0 Å². The van der Waals surface area contributed by atoms with Gasteiger partial charge in [0.05, 0.1) is 56.1 Å². The van der Waals surface area contributed by atoms with Crippen LogP contribution in [0.3, 0.4) is 0 Å². The zero-order valence-electron chi connectivity index (χ0n) is 38.7. The van der Waals surface area contributed by atoms with Crippen molar-refractivity contribution in [2.45, 2.75) is 0 Å². The van der Waals surface area contributed by atoms with Gasteiger partial charge in [-0.15, -0.1) is 0 Å². The number of aromatic amines is 2. The number of hydrogen-bond acceptors (Lipinski definition) is 10. The van der Waals surface area contributed by atoms with Crippen LogP contribution in [0.2, 0.25) is 0 Å².